The number of pyridine rings is 1. The molecule has 2 aromatic rings. The van der Waals surface area contributed by atoms with Crippen LogP contribution in [-0.4, -0.2) is 16.7 Å². The fraction of sp³-hybridized carbons (Fsp3) is 0.294. The quantitative estimate of drug-likeness (QED) is 0.577. The Kier molecular flexibility index (Phi) is 4.44. The van der Waals surface area contributed by atoms with Gasteiger partial charge >= 0.3 is 6.09 Å². The molecule has 5 nitrogen and oxygen atoms in total. The van der Waals surface area contributed by atoms with E-state index in [0.717, 1.165) is 4.47 Å². The van der Waals surface area contributed by atoms with Crippen LogP contribution >= 0.6 is 27.5 Å². The number of nitrogens with zero attached hydrogens (tertiary/aromatic N) is 2. The molecule has 0 saturated heterocycles. The van der Waals surface area contributed by atoms with Gasteiger partial charge in [0, 0.05) is 10.7 Å². The van der Waals surface area contributed by atoms with E-state index in [2.05, 4.69) is 20.9 Å². The Morgan fingerprint density at radius 1 is 1.38 bits per heavy atom. The van der Waals surface area contributed by atoms with Gasteiger partial charge in [-0.1, -0.05) is 27.5 Å². The lowest BCUT2D eigenvalue weighted by atomic mass is 10.2. The molecule has 0 aliphatic carbocycles. The maximum atomic E-state index is 12.8. The Hall–Kier alpha value is -1.79. The summed E-state index contributed by atoms with van der Waals surface area (Å²) in [6, 6.07) is 7.07. The van der Waals surface area contributed by atoms with Crippen molar-refractivity contribution in [2.45, 2.75) is 33.0 Å². The number of rotatable bonds is 0. The highest BCUT2D eigenvalue weighted by atomic mass is 79.9. The average Bonchev–Trinajstić information content (AvgIpc) is 2.62. The first-order valence-corrected chi connectivity index (χ1v) is 8.52. The molecule has 0 N–H and O–H groups in total. The molecular weight excluding hydrogens is 396 g/mol. The second-order valence-corrected chi connectivity index (χ2v) is 7.63. The lowest BCUT2D eigenvalue weighted by Gasteiger charge is -2.27. The van der Waals surface area contributed by atoms with Crippen molar-refractivity contribution in [2.75, 3.05) is 4.90 Å². The molecule has 24 heavy (non-hydrogen) atoms. The SMILES string of the molecule is CC(C)(C)OC(=O)N1c2ccc(Br)cc2OCc2c(Cl)ccnc21. The van der Waals surface area contributed by atoms with Gasteiger partial charge in [0.2, 0.25) is 0 Å². The van der Waals surface area contributed by atoms with Crippen molar-refractivity contribution in [2.24, 2.45) is 0 Å². The van der Waals surface area contributed by atoms with Crippen molar-refractivity contribution in [3.05, 3.63) is 45.5 Å². The maximum absolute atomic E-state index is 12.8. The summed E-state index contributed by atoms with van der Waals surface area (Å²) in [6.45, 7) is 5.65. The number of aromatic nitrogens is 1. The van der Waals surface area contributed by atoms with Gasteiger partial charge in [0.15, 0.2) is 5.82 Å². The molecule has 0 unspecified atom stereocenters. The third-order valence-corrected chi connectivity index (χ3v) is 4.15. The van der Waals surface area contributed by atoms with Gasteiger partial charge in [-0.25, -0.2) is 14.7 Å². The largest absolute Gasteiger partial charge is 0.486 e. The number of fused-ring (bicyclic) bond motifs is 2. The smallest absolute Gasteiger partial charge is 0.420 e. The normalized spacial score (nSPS) is 13.5. The molecule has 0 spiro atoms. The van der Waals surface area contributed by atoms with Gasteiger partial charge in [0.05, 0.1) is 16.3 Å². The van der Waals surface area contributed by atoms with E-state index in [1.54, 1.807) is 24.4 Å². The summed E-state index contributed by atoms with van der Waals surface area (Å²) in [5, 5.41) is 0.487. The minimum absolute atomic E-state index is 0.213. The second-order valence-electron chi connectivity index (χ2n) is 6.31. The van der Waals surface area contributed by atoms with Crippen LogP contribution in [0.25, 0.3) is 0 Å². The number of amides is 1. The van der Waals surface area contributed by atoms with E-state index in [0.29, 0.717) is 27.8 Å². The molecule has 0 fully saturated rings. The van der Waals surface area contributed by atoms with Crippen LogP contribution in [0.15, 0.2) is 34.9 Å². The number of ether oxygens (including phenoxy) is 2. The Morgan fingerprint density at radius 2 is 2.12 bits per heavy atom. The summed E-state index contributed by atoms with van der Waals surface area (Å²) < 4.78 is 12.2. The van der Waals surface area contributed by atoms with Crippen LogP contribution in [0, 0.1) is 0 Å². The monoisotopic (exact) mass is 410 g/mol. The van der Waals surface area contributed by atoms with E-state index in [4.69, 9.17) is 21.1 Å². The number of halogens is 2. The van der Waals surface area contributed by atoms with Gasteiger partial charge in [0.25, 0.3) is 0 Å². The average molecular weight is 412 g/mol. The minimum atomic E-state index is -0.640. The van der Waals surface area contributed by atoms with Crippen molar-refractivity contribution in [1.82, 2.24) is 4.98 Å². The standard InChI is InChI=1S/C17H16BrClN2O3/c1-17(2,3)24-16(22)21-13-5-4-10(18)8-14(13)23-9-11-12(19)6-7-20-15(11)21/h4-8H,9H2,1-3H3. The maximum Gasteiger partial charge on any atom is 0.420 e. The number of carbonyl (C=O) groups is 1. The van der Waals surface area contributed by atoms with Crippen LogP contribution < -0.4 is 9.64 Å². The van der Waals surface area contributed by atoms with Crippen LogP contribution in [0.3, 0.4) is 0 Å². The lowest BCUT2D eigenvalue weighted by molar-refractivity contribution is 0.0598. The van der Waals surface area contributed by atoms with Crippen LogP contribution in [0.4, 0.5) is 16.3 Å². The third kappa shape index (κ3) is 3.35. The Bertz CT molecular complexity index is 805. The fourth-order valence-corrected chi connectivity index (χ4v) is 2.87. The second kappa shape index (κ2) is 6.26. The number of carbonyl (C=O) groups excluding carboxylic acids is 1. The van der Waals surface area contributed by atoms with Gasteiger partial charge in [-0.05, 0) is 45.0 Å². The van der Waals surface area contributed by atoms with E-state index >= 15 is 0 Å². The predicted octanol–water partition coefficient (Wildman–Crippen LogP) is 5.46. The molecule has 0 radical (unpaired) electrons. The molecule has 2 heterocycles. The highest BCUT2D eigenvalue weighted by molar-refractivity contribution is 9.10. The first kappa shape index (κ1) is 17.0. The van der Waals surface area contributed by atoms with E-state index < -0.39 is 11.7 Å². The summed E-state index contributed by atoms with van der Waals surface area (Å²) in [5.41, 5.74) is 0.553. The van der Waals surface area contributed by atoms with Crippen molar-refractivity contribution in [3.63, 3.8) is 0 Å². The van der Waals surface area contributed by atoms with Crippen LogP contribution in [0.1, 0.15) is 26.3 Å². The Morgan fingerprint density at radius 3 is 2.83 bits per heavy atom. The molecule has 1 aliphatic rings. The van der Waals surface area contributed by atoms with Gasteiger partial charge in [0.1, 0.15) is 18.0 Å². The molecule has 1 aromatic heterocycles. The molecule has 0 saturated carbocycles. The Labute approximate surface area is 153 Å². The number of hydrogen-bond acceptors (Lipinski definition) is 4. The van der Waals surface area contributed by atoms with Crippen LogP contribution in [0.2, 0.25) is 5.02 Å². The molecule has 7 heteroatoms. The lowest BCUT2D eigenvalue weighted by Crippen LogP contribution is -2.34. The molecule has 0 atom stereocenters. The topological polar surface area (TPSA) is 51.7 Å². The van der Waals surface area contributed by atoms with Gasteiger partial charge < -0.3 is 9.47 Å². The third-order valence-electron chi connectivity index (χ3n) is 3.30. The summed E-state index contributed by atoms with van der Waals surface area (Å²) in [4.78, 5) is 18.6. The molecule has 0 bridgehead atoms. The summed E-state index contributed by atoms with van der Waals surface area (Å²) in [6.07, 6.45) is 1.02. The van der Waals surface area contributed by atoms with Gasteiger partial charge in [-0.15, -0.1) is 0 Å². The first-order valence-electron chi connectivity index (χ1n) is 7.35. The zero-order chi connectivity index (χ0) is 17.5. The predicted molar refractivity (Wildman–Crippen MR) is 96.1 cm³/mol. The molecule has 126 valence electrons. The zero-order valence-corrected chi connectivity index (χ0v) is 15.8. The van der Waals surface area contributed by atoms with Gasteiger partial charge in [-0.2, -0.15) is 0 Å². The van der Waals surface area contributed by atoms with Crippen molar-refractivity contribution < 1.29 is 14.3 Å². The molecule has 1 amide bonds. The van der Waals surface area contributed by atoms with Crippen molar-refractivity contribution >= 4 is 45.1 Å². The van der Waals surface area contributed by atoms with E-state index in [9.17, 15) is 4.79 Å². The van der Waals surface area contributed by atoms with E-state index in [1.807, 2.05) is 26.8 Å². The molecule has 3 rings (SSSR count). The molecular formula is C17H16BrClN2O3. The number of anilines is 2. The minimum Gasteiger partial charge on any atom is -0.486 e. The zero-order valence-electron chi connectivity index (χ0n) is 13.5. The van der Waals surface area contributed by atoms with E-state index in [1.165, 1.54) is 4.90 Å². The van der Waals surface area contributed by atoms with E-state index in [-0.39, 0.29) is 6.61 Å². The number of hydrogen-bond donors (Lipinski definition) is 0. The van der Waals surface area contributed by atoms with Crippen LogP contribution in [0.5, 0.6) is 5.75 Å². The summed E-state index contributed by atoms with van der Waals surface area (Å²) in [7, 11) is 0. The highest BCUT2D eigenvalue weighted by Crippen LogP contribution is 2.42. The highest BCUT2D eigenvalue weighted by Gasteiger charge is 2.32. The molecule has 1 aromatic carbocycles. The van der Waals surface area contributed by atoms with Gasteiger partial charge in [-0.3, -0.25) is 0 Å². The molecule has 1 aliphatic heterocycles. The summed E-state index contributed by atoms with van der Waals surface area (Å²) in [5.74, 6) is 0.960. The number of benzene rings is 1. The Balaban J connectivity index is 2.18. The van der Waals surface area contributed by atoms with Crippen molar-refractivity contribution in [3.8, 4) is 5.75 Å². The summed E-state index contributed by atoms with van der Waals surface area (Å²) >= 11 is 9.70. The fourth-order valence-electron chi connectivity index (χ4n) is 2.33. The van der Waals surface area contributed by atoms with Crippen molar-refractivity contribution in [1.29, 1.82) is 0 Å². The van der Waals surface area contributed by atoms with Crippen LogP contribution in [-0.2, 0) is 11.3 Å². The first-order chi connectivity index (χ1) is 11.3.